The molecule has 0 bridgehead atoms. The first kappa shape index (κ1) is 12.6. The molecule has 0 N–H and O–H groups in total. The highest BCUT2D eigenvalue weighted by Gasteiger charge is 1.93. The first-order valence-corrected chi connectivity index (χ1v) is 4.75. The van der Waals surface area contributed by atoms with E-state index in [4.69, 9.17) is 9.90 Å². The van der Waals surface area contributed by atoms with Gasteiger partial charge in [0.1, 0.15) is 6.54 Å². The summed E-state index contributed by atoms with van der Waals surface area (Å²) in [6.07, 6.45) is 5.38. The third-order valence-corrected chi connectivity index (χ3v) is 1.73. The molecule has 0 fully saturated rings. The Morgan fingerprint density at radius 2 is 1.79 bits per heavy atom. The molecule has 1 aromatic heterocycles. The molecule has 0 saturated heterocycles. The number of aliphatic carboxylic acids is 1. The highest BCUT2D eigenvalue weighted by atomic mass is 16.4. The van der Waals surface area contributed by atoms with E-state index in [9.17, 15) is 0 Å². The molecule has 78 valence electrons. The van der Waals surface area contributed by atoms with Crippen molar-refractivity contribution >= 4 is 5.97 Å². The van der Waals surface area contributed by atoms with E-state index in [-0.39, 0.29) is 0 Å². The van der Waals surface area contributed by atoms with Gasteiger partial charge in [0.25, 0.3) is 0 Å². The average Bonchev–Trinajstić information content (AvgIpc) is 2.17. The molecule has 0 atom stereocenters. The zero-order valence-electron chi connectivity index (χ0n) is 8.99. The SMILES string of the molecule is CC(=O)[O-].CCc1cc[n+](CC)cc1. The maximum absolute atomic E-state index is 8.89. The smallest absolute Gasteiger partial charge is 0.169 e. The number of pyridine rings is 1. The van der Waals surface area contributed by atoms with E-state index in [0.717, 1.165) is 19.9 Å². The van der Waals surface area contributed by atoms with E-state index < -0.39 is 5.97 Å². The number of rotatable bonds is 2. The Bertz CT molecular complexity index is 240. The van der Waals surface area contributed by atoms with Crippen molar-refractivity contribution in [3.05, 3.63) is 30.1 Å². The lowest BCUT2D eigenvalue weighted by Crippen LogP contribution is -2.30. The first-order valence-electron chi connectivity index (χ1n) is 4.75. The minimum Gasteiger partial charge on any atom is -0.550 e. The molecule has 1 rings (SSSR count). The Morgan fingerprint density at radius 1 is 1.36 bits per heavy atom. The summed E-state index contributed by atoms with van der Waals surface area (Å²) in [4.78, 5) is 8.89. The summed E-state index contributed by atoms with van der Waals surface area (Å²) in [6.45, 7) is 6.35. The molecule has 1 heterocycles. The van der Waals surface area contributed by atoms with Crippen LogP contribution < -0.4 is 9.67 Å². The predicted octanol–water partition coefficient (Wildman–Crippen LogP) is 0.313. The molecule has 0 amide bonds. The average molecular weight is 195 g/mol. The molecule has 0 aromatic carbocycles. The van der Waals surface area contributed by atoms with Gasteiger partial charge in [-0.3, -0.25) is 0 Å². The van der Waals surface area contributed by atoms with Crippen LogP contribution in [0.25, 0.3) is 0 Å². The van der Waals surface area contributed by atoms with E-state index in [1.165, 1.54) is 5.56 Å². The fourth-order valence-corrected chi connectivity index (χ4v) is 0.935. The van der Waals surface area contributed by atoms with Crippen molar-refractivity contribution in [2.75, 3.05) is 0 Å². The van der Waals surface area contributed by atoms with Gasteiger partial charge >= 0.3 is 0 Å². The van der Waals surface area contributed by atoms with Crippen LogP contribution in [0, 0.1) is 0 Å². The summed E-state index contributed by atoms with van der Waals surface area (Å²) in [5.41, 5.74) is 1.41. The topological polar surface area (TPSA) is 44.0 Å². The van der Waals surface area contributed by atoms with Gasteiger partial charge in [-0.1, -0.05) is 6.92 Å². The Balaban J connectivity index is 0.000000364. The molecule has 0 aliphatic carbocycles. The summed E-state index contributed by atoms with van der Waals surface area (Å²) < 4.78 is 2.17. The zero-order chi connectivity index (χ0) is 11.0. The van der Waals surface area contributed by atoms with E-state index in [1.54, 1.807) is 0 Å². The highest BCUT2D eigenvalue weighted by Crippen LogP contribution is 1.94. The molecule has 0 saturated carbocycles. The third-order valence-electron chi connectivity index (χ3n) is 1.73. The van der Waals surface area contributed by atoms with Crippen molar-refractivity contribution in [1.82, 2.24) is 0 Å². The summed E-state index contributed by atoms with van der Waals surface area (Å²) >= 11 is 0. The van der Waals surface area contributed by atoms with Crippen molar-refractivity contribution in [3.8, 4) is 0 Å². The Morgan fingerprint density at radius 3 is 2.07 bits per heavy atom. The Labute approximate surface area is 85.0 Å². The van der Waals surface area contributed by atoms with Crippen LogP contribution >= 0.6 is 0 Å². The number of carbonyl (C=O) groups is 1. The third kappa shape index (κ3) is 6.17. The fourth-order valence-electron chi connectivity index (χ4n) is 0.935. The number of carbonyl (C=O) groups excluding carboxylic acids is 1. The van der Waals surface area contributed by atoms with Gasteiger partial charge in [0.15, 0.2) is 12.4 Å². The zero-order valence-corrected chi connectivity index (χ0v) is 8.99. The van der Waals surface area contributed by atoms with Crippen LogP contribution in [0.5, 0.6) is 0 Å². The fraction of sp³-hybridized carbons (Fsp3) is 0.455. The molecule has 14 heavy (non-hydrogen) atoms. The second kappa shape index (κ2) is 7.06. The van der Waals surface area contributed by atoms with Crippen LogP contribution in [0.15, 0.2) is 24.5 Å². The molecule has 3 heteroatoms. The summed E-state index contributed by atoms with van der Waals surface area (Å²) in [5.74, 6) is -1.08. The van der Waals surface area contributed by atoms with Crippen LogP contribution in [-0.2, 0) is 17.8 Å². The molecule has 0 aliphatic rings. The highest BCUT2D eigenvalue weighted by molar-refractivity contribution is 5.60. The van der Waals surface area contributed by atoms with Crippen LogP contribution in [0.4, 0.5) is 0 Å². The van der Waals surface area contributed by atoms with Crippen molar-refractivity contribution in [2.24, 2.45) is 0 Å². The normalized spacial score (nSPS) is 8.79. The first-order chi connectivity index (χ1) is 6.60. The number of carboxylic acid groups (broad SMARTS) is 1. The minimum absolute atomic E-state index is 0.972. The van der Waals surface area contributed by atoms with Gasteiger partial charge < -0.3 is 9.90 Å². The van der Waals surface area contributed by atoms with Crippen molar-refractivity contribution in [3.63, 3.8) is 0 Å². The van der Waals surface area contributed by atoms with Gasteiger partial charge in [0.05, 0.1) is 0 Å². The van der Waals surface area contributed by atoms with Gasteiger partial charge in [-0.25, -0.2) is 4.57 Å². The van der Waals surface area contributed by atoms with Gasteiger partial charge in [0, 0.05) is 18.1 Å². The van der Waals surface area contributed by atoms with Gasteiger partial charge in [0.2, 0.25) is 0 Å². The van der Waals surface area contributed by atoms with Crippen LogP contribution in [-0.4, -0.2) is 5.97 Å². The Kier molecular flexibility index (Phi) is 6.37. The van der Waals surface area contributed by atoms with E-state index in [2.05, 4.69) is 42.9 Å². The second-order valence-electron chi connectivity index (χ2n) is 2.88. The minimum atomic E-state index is -1.08. The molecule has 0 unspecified atom stereocenters. The second-order valence-corrected chi connectivity index (χ2v) is 2.88. The molecule has 1 aromatic rings. The lowest BCUT2D eigenvalue weighted by Gasteiger charge is -1.93. The number of hydrogen-bond acceptors (Lipinski definition) is 2. The molecular weight excluding hydrogens is 178 g/mol. The number of hydrogen-bond donors (Lipinski definition) is 0. The predicted molar refractivity (Wildman–Crippen MR) is 52.4 cm³/mol. The lowest BCUT2D eigenvalue weighted by atomic mass is 10.2. The lowest BCUT2D eigenvalue weighted by molar-refractivity contribution is -0.693. The summed E-state index contributed by atoms with van der Waals surface area (Å²) in [5, 5.41) is 8.89. The number of aromatic nitrogens is 1. The number of carboxylic acids is 1. The Hall–Kier alpha value is -1.38. The number of nitrogens with zero attached hydrogens (tertiary/aromatic N) is 1. The molecular formula is C11H17NO2. The van der Waals surface area contributed by atoms with Gasteiger partial charge in [-0.15, -0.1) is 0 Å². The molecule has 3 nitrogen and oxygen atoms in total. The maximum Gasteiger partial charge on any atom is 0.169 e. The van der Waals surface area contributed by atoms with Gasteiger partial charge in [-0.2, -0.15) is 0 Å². The number of aryl methyl sites for hydroxylation is 2. The molecule has 0 aliphatic heterocycles. The van der Waals surface area contributed by atoms with Gasteiger partial charge in [-0.05, 0) is 25.8 Å². The van der Waals surface area contributed by atoms with Crippen molar-refractivity contribution in [1.29, 1.82) is 0 Å². The summed E-state index contributed by atoms with van der Waals surface area (Å²) in [7, 11) is 0. The van der Waals surface area contributed by atoms with Crippen molar-refractivity contribution < 1.29 is 14.5 Å². The molecule has 0 spiro atoms. The van der Waals surface area contributed by atoms with E-state index in [1.807, 2.05) is 0 Å². The van der Waals surface area contributed by atoms with E-state index in [0.29, 0.717) is 0 Å². The van der Waals surface area contributed by atoms with Crippen molar-refractivity contribution in [2.45, 2.75) is 33.7 Å². The maximum atomic E-state index is 8.89. The largest absolute Gasteiger partial charge is 0.550 e. The molecule has 0 radical (unpaired) electrons. The standard InChI is InChI=1S/C9H14N.C2H4O2/c1-3-9-5-7-10(4-2)8-6-9;1-2(3)4/h5-8H,3-4H2,1-2H3;1H3,(H,3,4)/q+1;/p-1. The monoisotopic (exact) mass is 195 g/mol. The quantitative estimate of drug-likeness (QED) is 0.638. The van der Waals surface area contributed by atoms with E-state index >= 15 is 0 Å². The summed E-state index contributed by atoms with van der Waals surface area (Å²) in [6, 6.07) is 4.34. The van der Waals surface area contributed by atoms with Crippen LogP contribution in [0.3, 0.4) is 0 Å². The van der Waals surface area contributed by atoms with Crippen LogP contribution in [0.2, 0.25) is 0 Å². The van der Waals surface area contributed by atoms with Crippen LogP contribution in [0.1, 0.15) is 26.3 Å².